The molecule has 1 heterocycles. The number of nitrogens with zero attached hydrogens (tertiary/aromatic N) is 1. The minimum atomic E-state index is -1.61. The summed E-state index contributed by atoms with van der Waals surface area (Å²) < 4.78 is 3.91. The molecule has 0 bridgehead atoms. The highest BCUT2D eigenvalue weighted by molar-refractivity contribution is 6.12. The Bertz CT molecular complexity index is 382. The smallest absolute Gasteiger partial charge is 0.449 e. The molecule has 0 aliphatic carbocycles. The quantitative estimate of drug-likeness (QED) is 0.324. The minimum Gasteiger partial charge on any atom is -0.449 e. The molecule has 0 spiro atoms. The summed E-state index contributed by atoms with van der Waals surface area (Å²) in [6.45, 7) is 0.304. The molecule has 0 aromatic carbocycles. The first kappa shape index (κ1) is 13.9. The SMILES string of the molecule is O=C(O)OC(=O)CCCCCN1C(=O)C=CC1=O. The zero-order chi connectivity index (χ0) is 13.5. The molecular formula is C11H13NO6. The summed E-state index contributed by atoms with van der Waals surface area (Å²) >= 11 is 0. The Morgan fingerprint density at radius 2 is 1.72 bits per heavy atom. The van der Waals surface area contributed by atoms with Crippen LogP contribution >= 0.6 is 0 Å². The molecule has 7 heteroatoms. The summed E-state index contributed by atoms with van der Waals surface area (Å²) in [6, 6.07) is 0. The lowest BCUT2D eigenvalue weighted by Gasteiger charge is -2.12. The molecule has 0 atom stereocenters. The van der Waals surface area contributed by atoms with Crippen LogP contribution < -0.4 is 0 Å². The van der Waals surface area contributed by atoms with Gasteiger partial charge in [0, 0.05) is 25.1 Å². The Labute approximate surface area is 103 Å². The van der Waals surface area contributed by atoms with Gasteiger partial charge in [-0.25, -0.2) is 4.79 Å². The van der Waals surface area contributed by atoms with Crippen LogP contribution in [0.3, 0.4) is 0 Å². The zero-order valence-electron chi connectivity index (χ0n) is 9.63. The third-order valence-corrected chi connectivity index (χ3v) is 2.36. The van der Waals surface area contributed by atoms with Gasteiger partial charge in [-0.2, -0.15) is 0 Å². The fourth-order valence-electron chi connectivity index (χ4n) is 1.52. The lowest BCUT2D eigenvalue weighted by atomic mass is 10.2. The molecule has 0 saturated carbocycles. The van der Waals surface area contributed by atoms with Crippen molar-refractivity contribution in [2.24, 2.45) is 0 Å². The van der Waals surface area contributed by atoms with Crippen LogP contribution in [0.5, 0.6) is 0 Å². The molecule has 0 aromatic heterocycles. The van der Waals surface area contributed by atoms with Gasteiger partial charge in [0.25, 0.3) is 11.8 Å². The fourth-order valence-corrected chi connectivity index (χ4v) is 1.52. The molecule has 98 valence electrons. The van der Waals surface area contributed by atoms with Crippen LogP contribution in [0.4, 0.5) is 4.79 Å². The molecule has 2 amide bonds. The van der Waals surface area contributed by atoms with Crippen molar-refractivity contribution in [2.45, 2.75) is 25.7 Å². The average molecular weight is 255 g/mol. The molecule has 1 rings (SSSR count). The Kier molecular flexibility index (Phi) is 5.04. The van der Waals surface area contributed by atoms with Gasteiger partial charge in [0.1, 0.15) is 0 Å². The van der Waals surface area contributed by atoms with E-state index in [4.69, 9.17) is 5.11 Å². The van der Waals surface area contributed by atoms with Crippen LogP contribution in [0.15, 0.2) is 12.2 Å². The van der Waals surface area contributed by atoms with Crippen LogP contribution in [-0.2, 0) is 19.1 Å². The number of carboxylic acid groups (broad SMARTS) is 1. The molecule has 1 aliphatic rings. The van der Waals surface area contributed by atoms with E-state index in [2.05, 4.69) is 4.74 Å². The van der Waals surface area contributed by atoms with Crippen LogP contribution in [0.2, 0.25) is 0 Å². The highest BCUT2D eigenvalue weighted by atomic mass is 16.7. The predicted octanol–water partition coefficient (Wildman–Crippen LogP) is 0.693. The molecule has 18 heavy (non-hydrogen) atoms. The van der Waals surface area contributed by atoms with Crippen molar-refractivity contribution in [3.8, 4) is 0 Å². The van der Waals surface area contributed by atoms with Crippen molar-refractivity contribution >= 4 is 23.9 Å². The maximum absolute atomic E-state index is 11.2. The average Bonchev–Trinajstić information content (AvgIpc) is 2.58. The first-order chi connectivity index (χ1) is 8.50. The Morgan fingerprint density at radius 1 is 1.11 bits per heavy atom. The third kappa shape index (κ3) is 4.36. The Balaban J connectivity index is 2.09. The van der Waals surface area contributed by atoms with Gasteiger partial charge in [0.2, 0.25) is 0 Å². The summed E-state index contributed by atoms with van der Waals surface area (Å²) in [5.41, 5.74) is 0. The number of unbranched alkanes of at least 4 members (excludes halogenated alkanes) is 2. The highest BCUT2D eigenvalue weighted by Gasteiger charge is 2.22. The highest BCUT2D eigenvalue weighted by Crippen LogP contribution is 2.08. The van der Waals surface area contributed by atoms with Gasteiger partial charge in [-0.15, -0.1) is 0 Å². The standard InChI is InChI=1S/C11H13NO6/c13-8-5-6-9(14)12(8)7-3-1-2-4-10(15)18-11(16)17/h5-6H,1-4,7H2,(H,16,17). The van der Waals surface area contributed by atoms with E-state index in [9.17, 15) is 19.2 Å². The van der Waals surface area contributed by atoms with Crippen molar-refractivity contribution < 1.29 is 29.0 Å². The van der Waals surface area contributed by atoms with Gasteiger partial charge in [-0.3, -0.25) is 19.3 Å². The molecule has 0 aromatic rings. The van der Waals surface area contributed by atoms with Crippen LogP contribution in [0.25, 0.3) is 0 Å². The molecule has 0 saturated heterocycles. The van der Waals surface area contributed by atoms with E-state index in [1.165, 1.54) is 12.2 Å². The van der Waals surface area contributed by atoms with Crippen molar-refractivity contribution in [3.63, 3.8) is 0 Å². The second kappa shape index (κ2) is 6.53. The number of esters is 1. The Hall–Kier alpha value is -2.18. The minimum absolute atomic E-state index is 0.00639. The number of imide groups is 1. The van der Waals surface area contributed by atoms with E-state index in [-0.39, 0.29) is 18.2 Å². The topological polar surface area (TPSA) is 101 Å². The van der Waals surface area contributed by atoms with Crippen LogP contribution in [0, 0.1) is 0 Å². The first-order valence-corrected chi connectivity index (χ1v) is 5.48. The van der Waals surface area contributed by atoms with E-state index < -0.39 is 12.1 Å². The second-order valence-corrected chi connectivity index (χ2v) is 3.71. The molecule has 1 N–H and O–H groups in total. The first-order valence-electron chi connectivity index (χ1n) is 5.48. The zero-order valence-corrected chi connectivity index (χ0v) is 9.63. The number of hydrogen-bond acceptors (Lipinski definition) is 5. The number of hydrogen-bond donors (Lipinski definition) is 1. The van der Waals surface area contributed by atoms with E-state index in [1.54, 1.807) is 0 Å². The molecular weight excluding hydrogens is 242 g/mol. The van der Waals surface area contributed by atoms with Gasteiger partial charge >= 0.3 is 12.1 Å². The molecule has 0 unspecified atom stereocenters. The van der Waals surface area contributed by atoms with Gasteiger partial charge in [-0.1, -0.05) is 6.42 Å². The summed E-state index contributed by atoms with van der Waals surface area (Å²) in [7, 11) is 0. The summed E-state index contributed by atoms with van der Waals surface area (Å²) in [5, 5.41) is 8.16. The second-order valence-electron chi connectivity index (χ2n) is 3.71. The molecule has 0 radical (unpaired) electrons. The van der Waals surface area contributed by atoms with Gasteiger partial charge in [0.05, 0.1) is 0 Å². The van der Waals surface area contributed by atoms with Crippen molar-refractivity contribution in [1.82, 2.24) is 4.90 Å². The molecule has 7 nitrogen and oxygen atoms in total. The number of carbonyl (C=O) groups excluding carboxylic acids is 3. The molecule has 1 aliphatic heterocycles. The van der Waals surface area contributed by atoms with Crippen molar-refractivity contribution in [2.75, 3.05) is 6.54 Å². The molecule has 0 fully saturated rings. The summed E-state index contributed by atoms with van der Waals surface area (Å²) in [6.07, 6.45) is 2.45. The largest absolute Gasteiger partial charge is 0.513 e. The van der Waals surface area contributed by atoms with Crippen LogP contribution in [-0.4, -0.2) is 40.5 Å². The number of amides is 2. The fraction of sp³-hybridized carbons (Fsp3) is 0.455. The number of ether oxygens (including phenoxy) is 1. The Morgan fingerprint density at radius 3 is 2.28 bits per heavy atom. The monoisotopic (exact) mass is 255 g/mol. The lowest BCUT2D eigenvalue weighted by Crippen LogP contribution is -2.30. The van der Waals surface area contributed by atoms with E-state index >= 15 is 0 Å². The summed E-state index contributed by atoms with van der Waals surface area (Å²) in [4.78, 5) is 44.3. The van der Waals surface area contributed by atoms with Crippen molar-refractivity contribution in [3.05, 3.63) is 12.2 Å². The maximum Gasteiger partial charge on any atom is 0.513 e. The predicted molar refractivity (Wildman–Crippen MR) is 58.4 cm³/mol. The van der Waals surface area contributed by atoms with E-state index in [0.29, 0.717) is 25.8 Å². The van der Waals surface area contributed by atoms with E-state index in [0.717, 1.165) is 4.90 Å². The number of carbonyl (C=O) groups is 4. The van der Waals surface area contributed by atoms with Gasteiger partial charge in [-0.05, 0) is 12.8 Å². The van der Waals surface area contributed by atoms with Crippen molar-refractivity contribution in [1.29, 1.82) is 0 Å². The third-order valence-electron chi connectivity index (χ3n) is 2.36. The van der Waals surface area contributed by atoms with Gasteiger partial charge in [0.15, 0.2) is 0 Å². The lowest BCUT2D eigenvalue weighted by molar-refractivity contribution is -0.140. The van der Waals surface area contributed by atoms with E-state index in [1.807, 2.05) is 0 Å². The van der Waals surface area contributed by atoms with Gasteiger partial charge < -0.3 is 9.84 Å². The normalized spacial score (nSPS) is 14.1. The number of rotatable bonds is 6. The van der Waals surface area contributed by atoms with Crippen LogP contribution in [0.1, 0.15) is 25.7 Å². The maximum atomic E-state index is 11.2. The summed E-state index contributed by atoms with van der Waals surface area (Å²) in [5.74, 6) is -1.45.